The number of aliphatic hydroxyl groups is 1. The minimum atomic E-state index is -0.800. The summed E-state index contributed by atoms with van der Waals surface area (Å²) in [5.74, 6) is -0.645. The molecule has 1 N–H and O–H groups in total. The Hall–Kier alpha value is -3.93. The van der Waals surface area contributed by atoms with Crippen molar-refractivity contribution in [1.29, 1.82) is 0 Å². The van der Waals surface area contributed by atoms with Crippen molar-refractivity contribution < 1.29 is 19.4 Å². The fourth-order valence-electron chi connectivity index (χ4n) is 4.15. The zero-order valence-electron chi connectivity index (χ0n) is 19.1. The van der Waals surface area contributed by atoms with E-state index in [2.05, 4.69) is 18.8 Å². The number of ether oxygens (including phenoxy) is 1. The van der Waals surface area contributed by atoms with E-state index in [1.165, 1.54) is 4.90 Å². The highest BCUT2D eigenvalue weighted by molar-refractivity contribution is 6.51. The second-order valence-corrected chi connectivity index (χ2v) is 8.39. The Balaban J connectivity index is 1.89. The Morgan fingerprint density at radius 1 is 1.09 bits per heavy atom. The van der Waals surface area contributed by atoms with Gasteiger partial charge in [-0.15, -0.1) is 0 Å². The normalized spacial score (nSPS) is 17.6. The summed E-state index contributed by atoms with van der Waals surface area (Å²) in [7, 11) is 1.57. The number of methoxy groups -OCH3 is 1. The molecule has 1 unspecified atom stereocenters. The largest absolute Gasteiger partial charge is 0.507 e. The molecule has 1 atom stereocenters. The molecule has 4 rings (SSSR count). The van der Waals surface area contributed by atoms with Gasteiger partial charge in [0.2, 0.25) is 0 Å². The van der Waals surface area contributed by atoms with Crippen molar-refractivity contribution in [3.63, 3.8) is 0 Å². The number of aromatic nitrogens is 1. The molecule has 1 aliphatic rings. The number of aliphatic hydroxyl groups excluding tert-OH is 1. The third-order valence-corrected chi connectivity index (χ3v) is 5.95. The molecule has 6 heteroatoms. The van der Waals surface area contributed by atoms with E-state index in [0.29, 0.717) is 28.5 Å². The van der Waals surface area contributed by atoms with E-state index >= 15 is 0 Å². The van der Waals surface area contributed by atoms with Crippen LogP contribution in [-0.4, -0.2) is 28.9 Å². The number of carbonyl (C=O) groups is 2. The van der Waals surface area contributed by atoms with Gasteiger partial charge in [0.05, 0.1) is 18.7 Å². The maximum absolute atomic E-state index is 13.2. The lowest BCUT2D eigenvalue weighted by molar-refractivity contribution is -0.132. The van der Waals surface area contributed by atoms with Crippen LogP contribution in [0.25, 0.3) is 5.76 Å². The number of carbonyl (C=O) groups excluding carboxylic acids is 2. The summed E-state index contributed by atoms with van der Waals surface area (Å²) in [5, 5.41) is 11.2. The number of hydrogen-bond acceptors (Lipinski definition) is 5. The van der Waals surface area contributed by atoms with Gasteiger partial charge in [-0.2, -0.15) is 0 Å². The van der Waals surface area contributed by atoms with Crippen LogP contribution >= 0.6 is 0 Å². The van der Waals surface area contributed by atoms with Crippen molar-refractivity contribution in [3.8, 4) is 5.75 Å². The summed E-state index contributed by atoms with van der Waals surface area (Å²) >= 11 is 0. The number of Topliss-reactive ketones (excluding diaryl/α,β-unsaturated/α-hetero) is 1. The predicted octanol–water partition coefficient (Wildman–Crippen LogP) is 5.15. The number of aryl methyl sites for hydroxylation is 1. The molecule has 3 aromatic rings. The summed E-state index contributed by atoms with van der Waals surface area (Å²) < 4.78 is 5.30. The van der Waals surface area contributed by atoms with E-state index in [-0.39, 0.29) is 11.3 Å². The molecule has 1 fully saturated rings. The average molecular weight is 443 g/mol. The number of hydrogen-bond donors (Lipinski definition) is 1. The van der Waals surface area contributed by atoms with Crippen LogP contribution in [0.15, 0.2) is 72.6 Å². The highest BCUT2D eigenvalue weighted by Crippen LogP contribution is 2.42. The van der Waals surface area contributed by atoms with Gasteiger partial charge in [-0.3, -0.25) is 19.5 Å². The monoisotopic (exact) mass is 442 g/mol. The van der Waals surface area contributed by atoms with E-state index in [0.717, 1.165) is 11.1 Å². The fraction of sp³-hybridized carbons (Fsp3) is 0.222. The van der Waals surface area contributed by atoms with Gasteiger partial charge >= 0.3 is 0 Å². The first-order chi connectivity index (χ1) is 15.8. The molecule has 168 valence electrons. The molecule has 1 saturated heterocycles. The number of pyridine rings is 1. The van der Waals surface area contributed by atoms with Gasteiger partial charge in [0.15, 0.2) is 0 Å². The van der Waals surface area contributed by atoms with Crippen LogP contribution in [0, 0.1) is 6.92 Å². The van der Waals surface area contributed by atoms with Crippen LogP contribution < -0.4 is 9.64 Å². The van der Waals surface area contributed by atoms with Crippen molar-refractivity contribution >= 4 is 23.1 Å². The first-order valence-corrected chi connectivity index (χ1v) is 10.8. The second-order valence-electron chi connectivity index (χ2n) is 8.39. The molecule has 33 heavy (non-hydrogen) atoms. The average Bonchev–Trinajstić information content (AvgIpc) is 3.09. The maximum Gasteiger partial charge on any atom is 0.300 e. The van der Waals surface area contributed by atoms with Crippen LogP contribution in [0.3, 0.4) is 0 Å². The van der Waals surface area contributed by atoms with Gasteiger partial charge < -0.3 is 9.84 Å². The highest BCUT2D eigenvalue weighted by atomic mass is 16.5. The van der Waals surface area contributed by atoms with E-state index < -0.39 is 17.7 Å². The molecule has 1 amide bonds. The summed E-state index contributed by atoms with van der Waals surface area (Å²) in [6.07, 6.45) is 3.23. The van der Waals surface area contributed by atoms with Crippen LogP contribution in [0.4, 0.5) is 5.69 Å². The summed E-state index contributed by atoms with van der Waals surface area (Å²) in [4.78, 5) is 32.0. The number of amides is 1. The molecule has 2 heterocycles. The van der Waals surface area contributed by atoms with E-state index in [1.807, 2.05) is 31.2 Å². The third kappa shape index (κ3) is 4.00. The zero-order chi connectivity index (χ0) is 23.7. The lowest BCUT2D eigenvalue weighted by atomic mass is 9.95. The Morgan fingerprint density at radius 3 is 2.39 bits per heavy atom. The van der Waals surface area contributed by atoms with Crippen molar-refractivity contribution in [2.45, 2.75) is 32.7 Å². The molecule has 2 aromatic carbocycles. The van der Waals surface area contributed by atoms with E-state index in [1.54, 1.807) is 49.8 Å². The molecule has 0 bridgehead atoms. The number of benzene rings is 2. The van der Waals surface area contributed by atoms with Gasteiger partial charge in [0, 0.05) is 23.6 Å². The Bertz CT molecular complexity index is 1230. The lowest BCUT2D eigenvalue weighted by Crippen LogP contribution is -2.29. The minimum Gasteiger partial charge on any atom is -0.507 e. The van der Waals surface area contributed by atoms with Crippen LogP contribution in [0.2, 0.25) is 0 Å². The number of rotatable bonds is 5. The molecule has 0 saturated carbocycles. The van der Waals surface area contributed by atoms with Crippen molar-refractivity contribution in [2.24, 2.45) is 0 Å². The topological polar surface area (TPSA) is 79.7 Å². The first-order valence-electron chi connectivity index (χ1n) is 10.8. The second kappa shape index (κ2) is 8.90. The standard InChI is InChI=1S/C27H26N2O4/c1-16(2)18-7-10-21(11-8-18)29-24(20-6-5-13-28-15-20)23(26(31)27(29)32)25(30)19-9-12-22(33-4)17(3)14-19/h5-16,24,30H,1-4H3/b25-23-. The van der Waals surface area contributed by atoms with Crippen LogP contribution in [0.5, 0.6) is 5.75 Å². The summed E-state index contributed by atoms with van der Waals surface area (Å²) in [5.41, 5.74) is 3.62. The van der Waals surface area contributed by atoms with Gasteiger partial charge in [-0.25, -0.2) is 0 Å². The van der Waals surface area contributed by atoms with E-state index in [9.17, 15) is 14.7 Å². The van der Waals surface area contributed by atoms with Crippen LogP contribution in [0.1, 0.15) is 48.1 Å². The van der Waals surface area contributed by atoms with Gasteiger partial charge in [-0.1, -0.05) is 32.0 Å². The molecule has 1 aliphatic heterocycles. The maximum atomic E-state index is 13.2. The molecular formula is C27H26N2O4. The van der Waals surface area contributed by atoms with Crippen LogP contribution in [-0.2, 0) is 9.59 Å². The fourth-order valence-corrected chi connectivity index (χ4v) is 4.15. The SMILES string of the molecule is COc1ccc(/C(O)=C2/C(=O)C(=O)N(c3ccc(C(C)C)cc3)C2c2cccnc2)cc1C. The van der Waals surface area contributed by atoms with Crippen molar-refractivity contribution in [2.75, 3.05) is 12.0 Å². The molecule has 0 aliphatic carbocycles. The Labute approximate surface area is 193 Å². The Kier molecular flexibility index (Phi) is 6.01. The van der Waals surface area contributed by atoms with E-state index in [4.69, 9.17) is 4.74 Å². The molecular weight excluding hydrogens is 416 g/mol. The highest BCUT2D eigenvalue weighted by Gasteiger charge is 2.47. The molecule has 1 aromatic heterocycles. The van der Waals surface area contributed by atoms with Crippen molar-refractivity contribution in [3.05, 3.63) is 94.8 Å². The number of anilines is 1. The smallest absolute Gasteiger partial charge is 0.300 e. The van der Waals surface area contributed by atoms with Gasteiger partial charge in [0.25, 0.3) is 11.7 Å². The Morgan fingerprint density at radius 2 is 1.82 bits per heavy atom. The zero-order valence-corrected chi connectivity index (χ0v) is 19.1. The minimum absolute atomic E-state index is 0.0329. The van der Waals surface area contributed by atoms with Crippen molar-refractivity contribution in [1.82, 2.24) is 4.98 Å². The molecule has 0 radical (unpaired) electrons. The van der Waals surface area contributed by atoms with Gasteiger partial charge in [0.1, 0.15) is 11.5 Å². The predicted molar refractivity (Wildman–Crippen MR) is 127 cm³/mol. The quantitative estimate of drug-likeness (QED) is 0.336. The number of nitrogens with zero attached hydrogens (tertiary/aromatic N) is 2. The summed E-state index contributed by atoms with van der Waals surface area (Å²) in [6.45, 7) is 6.03. The molecule has 6 nitrogen and oxygen atoms in total. The summed E-state index contributed by atoms with van der Waals surface area (Å²) in [6, 6.07) is 15.4. The molecule has 0 spiro atoms. The lowest BCUT2D eigenvalue weighted by Gasteiger charge is -2.25. The van der Waals surface area contributed by atoms with Gasteiger partial charge in [-0.05, 0) is 65.9 Å². The number of ketones is 1. The third-order valence-electron chi connectivity index (χ3n) is 5.95. The first kappa shape index (κ1) is 22.3.